The lowest BCUT2D eigenvalue weighted by Crippen LogP contribution is -2.36. The minimum atomic E-state index is -3.55. The van der Waals surface area contributed by atoms with Gasteiger partial charge in [-0.2, -0.15) is 0 Å². The number of carbonyl (C=O) groups is 1. The van der Waals surface area contributed by atoms with E-state index in [0.29, 0.717) is 12.2 Å². The summed E-state index contributed by atoms with van der Waals surface area (Å²) in [4.78, 5) is 12.2. The molecule has 0 aliphatic rings. The van der Waals surface area contributed by atoms with Crippen LogP contribution in [0.4, 0.5) is 0 Å². The summed E-state index contributed by atoms with van der Waals surface area (Å²) >= 11 is 0. The summed E-state index contributed by atoms with van der Waals surface area (Å²) in [5.41, 5.74) is 1.24. The number of carbonyl (C=O) groups excluding carboxylic acids is 1. The van der Waals surface area contributed by atoms with Gasteiger partial charge in [0.25, 0.3) is 5.91 Å². The average molecular weight is 419 g/mol. The van der Waals surface area contributed by atoms with Crippen molar-refractivity contribution in [3.05, 3.63) is 60.2 Å². The van der Waals surface area contributed by atoms with Crippen molar-refractivity contribution in [1.82, 2.24) is 10.0 Å². The van der Waals surface area contributed by atoms with Gasteiger partial charge in [0.05, 0.1) is 4.90 Å². The van der Waals surface area contributed by atoms with Crippen LogP contribution in [0.2, 0.25) is 0 Å². The zero-order valence-electron chi connectivity index (χ0n) is 17.2. The van der Waals surface area contributed by atoms with Gasteiger partial charge in [-0.25, -0.2) is 13.1 Å². The minimum absolute atomic E-state index is 0.0328. The van der Waals surface area contributed by atoms with Gasteiger partial charge in [-0.3, -0.25) is 4.79 Å². The summed E-state index contributed by atoms with van der Waals surface area (Å²) in [5.74, 6) is 0.236. The van der Waals surface area contributed by atoms with E-state index in [4.69, 9.17) is 4.74 Å². The maximum Gasteiger partial charge on any atom is 0.258 e. The van der Waals surface area contributed by atoms with E-state index in [0.717, 1.165) is 12.8 Å². The minimum Gasteiger partial charge on any atom is -0.484 e. The second-order valence-electron chi connectivity index (χ2n) is 7.18. The van der Waals surface area contributed by atoms with Gasteiger partial charge in [0.15, 0.2) is 6.61 Å². The lowest BCUT2D eigenvalue weighted by molar-refractivity contribution is -0.123. The van der Waals surface area contributed by atoms with E-state index < -0.39 is 10.0 Å². The number of hydrogen-bond acceptors (Lipinski definition) is 4. The highest BCUT2D eigenvalue weighted by Gasteiger charge is 2.16. The first-order valence-corrected chi connectivity index (χ1v) is 11.4. The smallest absolute Gasteiger partial charge is 0.258 e. The Balaban J connectivity index is 1.78. The maximum atomic E-state index is 12.2. The first-order valence-electron chi connectivity index (χ1n) is 9.88. The van der Waals surface area contributed by atoms with Crippen LogP contribution in [0, 0.1) is 0 Å². The number of sulfonamides is 1. The summed E-state index contributed by atoms with van der Waals surface area (Å²) < 4.78 is 32.6. The fourth-order valence-corrected chi connectivity index (χ4v) is 4.02. The predicted octanol–water partition coefficient (Wildman–Crippen LogP) is 3.28. The van der Waals surface area contributed by atoms with Crippen LogP contribution in [0.1, 0.15) is 39.2 Å². The molecule has 2 N–H and O–H groups in total. The first-order chi connectivity index (χ1) is 13.8. The molecule has 0 radical (unpaired) electrons. The zero-order chi connectivity index (χ0) is 21.3. The van der Waals surface area contributed by atoms with E-state index in [1.165, 1.54) is 17.7 Å². The molecule has 0 fully saturated rings. The molecule has 158 valence electrons. The summed E-state index contributed by atoms with van der Waals surface area (Å²) in [5, 5.41) is 2.91. The Morgan fingerprint density at radius 1 is 1.00 bits per heavy atom. The van der Waals surface area contributed by atoms with Gasteiger partial charge < -0.3 is 10.1 Å². The van der Waals surface area contributed by atoms with Crippen molar-refractivity contribution in [1.29, 1.82) is 0 Å². The van der Waals surface area contributed by atoms with E-state index in [9.17, 15) is 13.2 Å². The molecule has 2 aromatic carbocycles. The molecule has 1 amide bonds. The van der Waals surface area contributed by atoms with Gasteiger partial charge in [-0.15, -0.1) is 0 Å². The van der Waals surface area contributed by atoms with E-state index in [1.807, 2.05) is 39.0 Å². The van der Waals surface area contributed by atoms with Crippen LogP contribution in [0.5, 0.6) is 5.75 Å². The molecule has 0 aliphatic carbocycles. The molecule has 29 heavy (non-hydrogen) atoms. The first kappa shape index (κ1) is 22.9. The number of aryl methyl sites for hydroxylation is 1. The average Bonchev–Trinajstić information content (AvgIpc) is 2.71. The zero-order valence-corrected chi connectivity index (χ0v) is 18.0. The van der Waals surface area contributed by atoms with Crippen molar-refractivity contribution in [3.8, 4) is 5.75 Å². The lowest BCUT2D eigenvalue weighted by Gasteiger charge is -2.15. The van der Waals surface area contributed by atoms with E-state index >= 15 is 0 Å². The van der Waals surface area contributed by atoms with Crippen LogP contribution >= 0.6 is 0 Å². The van der Waals surface area contributed by atoms with Crippen molar-refractivity contribution in [2.45, 2.75) is 57.0 Å². The van der Waals surface area contributed by atoms with Crippen molar-refractivity contribution in [3.63, 3.8) is 0 Å². The van der Waals surface area contributed by atoms with Gasteiger partial charge >= 0.3 is 0 Å². The number of amides is 1. The molecule has 2 aromatic rings. The SMILES string of the molecule is CC[C@@H](C)NS(=O)(=O)c1ccc(OCC(=O)N[C@H](C)CCc2ccccc2)cc1. The van der Waals surface area contributed by atoms with Crippen LogP contribution in [0.15, 0.2) is 59.5 Å². The van der Waals surface area contributed by atoms with Gasteiger partial charge in [0, 0.05) is 12.1 Å². The molecular weight excluding hydrogens is 388 g/mol. The van der Waals surface area contributed by atoms with Crippen LogP contribution in [-0.2, 0) is 21.2 Å². The Morgan fingerprint density at radius 2 is 1.66 bits per heavy atom. The highest BCUT2D eigenvalue weighted by Crippen LogP contribution is 2.16. The molecular formula is C22H30N2O4S. The number of ether oxygens (including phenoxy) is 1. The number of rotatable bonds is 11. The Bertz CT molecular complexity index is 867. The highest BCUT2D eigenvalue weighted by atomic mass is 32.2. The van der Waals surface area contributed by atoms with E-state index in [1.54, 1.807) is 12.1 Å². The van der Waals surface area contributed by atoms with Crippen molar-refractivity contribution in [2.75, 3.05) is 6.61 Å². The van der Waals surface area contributed by atoms with E-state index in [-0.39, 0.29) is 29.5 Å². The molecule has 2 rings (SSSR count). The molecule has 7 heteroatoms. The molecule has 6 nitrogen and oxygen atoms in total. The van der Waals surface area contributed by atoms with Gasteiger partial charge in [0.2, 0.25) is 10.0 Å². The fraction of sp³-hybridized carbons (Fsp3) is 0.409. The Labute approximate surface area is 173 Å². The van der Waals surface area contributed by atoms with Crippen molar-refractivity contribution in [2.24, 2.45) is 0 Å². The number of nitrogens with one attached hydrogen (secondary N) is 2. The third-order valence-electron chi connectivity index (χ3n) is 4.59. The molecule has 0 aliphatic heterocycles. The summed E-state index contributed by atoms with van der Waals surface area (Å²) in [6.45, 7) is 5.57. The second kappa shape index (κ2) is 11.0. The summed E-state index contributed by atoms with van der Waals surface area (Å²) in [6, 6.07) is 16.1. The van der Waals surface area contributed by atoms with Crippen LogP contribution in [0.3, 0.4) is 0 Å². The van der Waals surface area contributed by atoms with Crippen LogP contribution in [-0.4, -0.2) is 33.0 Å². The van der Waals surface area contributed by atoms with Gasteiger partial charge in [0.1, 0.15) is 5.75 Å². The summed E-state index contributed by atoms with van der Waals surface area (Å²) in [6.07, 6.45) is 2.44. The Hall–Kier alpha value is -2.38. The van der Waals surface area contributed by atoms with E-state index in [2.05, 4.69) is 22.2 Å². The van der Waals surface area contributed by atoms with Crippen molar-refractivity contribution >= 4 is 15.9 Å². The standard InChI is InChI=1S/C22H30N2O4S/c1-4-17(2)24-29(26,27)21-14-12-20(13-15-21)28-16-22(25)23-18(3)10-11-19-8-6-5-7-9-19/h5-9,12-15,17-18,24H,4,10-11,16H2,1-3H3,(H,23,25)/t17-,18-/m1/s1. The molecule has 0 saturated carbocycles. The largest absolute Gasteiger partial charge is 0.484 e. The van der Waals surface area contributed by atoms with Gasteiger partial charge in [-0.1, -0.05) is 37.3 Å². The van der Waals surface area contributed by atoms with Gasteiger partial charge in [-0.05, 0) is 62.9 Å². The normalized spacial score (nSPS) is 13.5. The quantitative estimate of drug-likeness (QED) is 0.587. The molecule has 2 atom stereocenters. The topological polar surface area (TPSA) is 84.5 Å². The molecule has 0 spiro atoms. The third-order valence-corrected chi connectivity index (χ3v) is 6.19. The number of hydrogen-bond donors (Lipinski definition) is 2. The molecule has 0 saturated heterocycles. The van der Waals surface area contributed by atoms with Crippen molar-refractivity contribution < 1.29 is 17.9 Å². The molecule has 0 unspecified atom stereocenters. The Kier molecular flexibility index (Phi) is 8.67. The molecule has 0 heterocycles. The van der Waals surface area contributed by atoms with Crippen LogP contribution in [0.25, 0.3) is 0 Å². The predicted molar refractivity (Wildman–Crippen MR) is 114 cm³/mol. The molecule has 0 aromatic heterocycles. The maximum absolute atomic E-state index is 12.2. The summed E-state index contributed by atoms with van der Waals surface area (Å²) in [7, 11) is -3.55. The highest BCUT2D eigenvalue weighted by molar-refractivity contribution is 7.89. The molecule has 0 bridgehead atoms. The third kappa shape index (κ3) is 7.87. The Morgan fingerprint density at radius 3 is 2.28 bits per heavy atom. The lowest BCUT2D eigenvalue weighted by atomic mass is 10.1. The number of benzene rings is 2. The fourth-order valence-electron chi connectivity index (χ4n) is 2.70. The second-order valence-corrected chi connectivity index (χ2v) is 8.90. The monoisotopic (exact) mass is 418 g/mol. The van der Waals surface area contributed by atoms with Crippen LogP contribution < -0.4 is 14.8 Å².